The van der Waals surface area contributed by atoms with Crippen molar-refractivity contribution in [2.45, 2.75) is 36.8 Å². The van der Waals surface area contributed by atoms with Crippen LogP contribution < -0.4 is 5.73 Å². The van der Waals surface area contributed by atoms with Gasteiger partial charge in [-0.25, -0.2) is 0 Å². The van der Waals surface area contributed by atoms with Crippen LogP contribution in [-0.4, -0.2) is 11.2 Å². The lowest BCUT2D eigenvalue weighted by Gasteiger charge is -2.33. The van der Waals surface area contributed by atoms with E-state index in [-0.39, 0.29) is 17.6 Å². The van der Waals surface area contributed by atoms with E-state index in [1.54, 1.807) is 0 Å². The smallest absolute Gasteiger partial charge is 0.0741 e. The maximum absolute atomic E-state index is 9.88. The summed E-state index contributed by atoms with van der Waals surface area (Å²) in [5.41, 5.74) is 8.82. The van der Waals surface area contributed by atoms with Crippen molar-refractivity contribution in [3.63, 3.8) is 0 Å². The molecule has 2 nitrogen and oxygen atoms in total. The minimum atomic E-state index is -0.354. The van der Waals surface area contributed by atoms with Crippen LogP contribution in [0.2, 0.25) is 0 Å². The van der Waals surface area contributed by atoms with Crippen molar-refractivity contribution in [1.29, 1.82) is 0 Å². The molecule has 3 N–H and O–H groups in total. The SMILES string of the molecule is N[C@@H]1c2ccccc2C2(CC2)CC1O. The zero-order valence-electron chi connectivity index (χ0n) is 8.11. The van der Waals surface area contributed by atoms with E-state index >= 15 is 0 Å². The van der Waals surface area contributed by atoms with E-state index in [1.807, 2.05) is 6.07 Å². The van der Waals surface area contributed by atoms with Crippen LogP contribution in [0.4, 0.5) is 0 Å². The number of aliphatic hydroxyl groups is 1. The Hall–Kier alpha value is -0.860. The summed E-state index contributed by atoms with van der Waals surface area (Å²) in [4.78, 5) is 0. The summed E-state index contributed by atoms with van der Waals surface area (Å²) in [6.45, 7) is 0. The molecule has 1 unspecified atom stereocenters. The molecule has 1 fully saturated rings. The van der Waals surface area contributed by atoms with Crippen LogP contribution in [0.25, 0.3) is 0 Å². The second kappa shape index (κ2) is 2.59. The van der Waals surface area contributed by atoms with Crippen molar-refractivity contribution in [1.82, 2.24) is 0 Å². The van der Waals surface area contributed by atoms with Crippen LogP contribution >= 0.6 is 0 Å². The Morgan fingerprint density at radius 2 is 2.00 bits per heavy atom. The first-order valence-corrected chi connectivity index (χ1v) is 5.26. The van der Waals surface area contributed by atoms with Crippen LogP contribution in [0.3, 0.4) is 0 Å². The van der Waals surface area contributed by atoms with Crippen LogP contribution in [-0.2, 0) is 5.41 Å². The molecule has 2 heteroatoms. The number of hydrogen-bond acceptors (Lipinski definition) is 2. The molecule has 3 rings (SSSR count). The van der Waals surface area contributed by atoms with Crippen molar-refractivity contribution < 1.29 is 5.11 Å². The molecule has 74 valence electrons. The minimum absolute atomic E-state index is 0.183. The second-order valence-electron chi connectivity index (χ2n) is 4.66. The third-order valence-corrected chi connectivity index (χ3v) is 3.76. The molecule has 2 aliphatic carbocycles. The highest BCUT2D eigenvalue weighted by Gasteiger charge is 2.50. The first-order chi connectivity index (χ1) is 6.73. The third kappa shape index (κ3) is 0.983. The second-order valence-corrected chi connectivity index (χ2v) is 4.66. The molecule has 0 amide bonds. The Labute approximate surface area is 83.7 Å². The standard InChI is InChI=1S/C12H15NO/c13-11-8-3-1-2-4-9(8)12(5-6-12)7-10(11)14/h1-4,10-11,14H,5-7,13H2/t10?,11-/m1/s1. The summed E-state index contributed by atoms with van der Waals surface area (Å²) < 4.78 is 0. The molecule has 1 saturated carbocycles. The summed E-state index contributed by atoms with van der Waals surface area (Å²) >= 11 is 0. The van der Waals surface area contributed by atoms with E-state index in [9.17, 15) is 5.11 Å². The van der Waals surface area contributed by atoms with Crippen molar-refractivity contribution in [2.24, 2.45) is 5.73 Å². The van der Waals surface area contributed by atoms with Gasteiger partial charge in [-0.2, -0.15) is 0 Å². The van der Waals surface area contributed by atoms with Gasteiger partial charge < -0.3 is 10.8 Å². The number of aliphatic hydroxyl groups excluding tert-OH is 1. The van der Waals surface area contributed by atoms with Gasteiger partial charge in [-0.3, -0.25) is 0 Å². The van der Waals surface area contributed by atoms with Crippen molar-refractivity contribution in [2.75, 3.05) is 0 Å². The molecule has 0 aromatic heterocycles. The Morgan fingerprint density at radius 3 is 2.71 bits per heavy atom. The predicted octanol–water partition coefficient (Wildman–Crippen LogP) is 1.48. The first kappa shape index (κ1) is 8.45. The first-order valence-electron chi connectivity index (χ1n) is 5.26. The fourth-order valence-electron chi connectivity index (χ4n) is 2.74. The molecule has 14 heavy (non-hydrogen) atoms. The van der Waals surface area contributed by atoms with Gasteiger partial charge in [0.2, 0.25) is 0 Å². The van der Waals surface area contributed by atoms with Crippen LogP contribution in [0.15, 0.2) is 24.3 Å². The summed E-state index contributed by atoms with van der Waals surface area (Å²) in [6.07, 6.45) is 2.93. The molecule has 0 radical (unpaired) electrons. The number of benzene rings is 1. The van der Waals surface area contributed by atoms with Gasteiger partial charge >= 0.3 is 0 Å². The molecular formula is C12H15NO. The van der Waals surface area contributed by atoms with Crippen LogP contribution in [0.5, 0.6) is 0 Å². The lowest BCUT2D eigenvalue weighted by molar-refractivity contribution is 0.112. The molecular weight excluding hydrogens is 174 g/mol. The van der Waals surface area contributed by atoms with Crippen molar-refractivity contribution in [3.8, 4) is 0 Å². The monoisotopic (exact) mass is 189 g/mol. The van der Waals surface area contributed by atoms with Gasteiger partial charge in [0, 0.05) is 0 Å². The molecule has 0 saturated heterocycles. The van der Waals surface area contributed by atoms with Gasteiger partial charge in [0.05, 0.1) is 12.1 Å². The number of fused-ring (bicyclic) bond motifs is 2. The van der Waals surface area contributed by atoms with Gasteiger partial charge in [0.1, 0.15) is 0 Å². The fourth-order valence-corrected chi connectivity index (χ4v) is 2.74. The summed E-state index contributed by atoms with van der Waals surface area (Å²) in [5.74, 6) is 0. The molecule has 0 heterocycles. The molecule has 0 aliphatic heterocycles. The van der Waals surface area contributed by atoms with Gasteiger partial charge in [0.15, 0.2) is 0 Å². The van der Waals surface area contributed by atoms with E-state index < -0.39 is 0 Å². The van der Waals surface area contributed by atoms with Gasteiger partial charge in [-0.1, -0.05) is 24.3 Å². The maximum atomic E-state index is 9.88. The highest BCUT2D eigenvalue weighted by atomic mass is 16.3. The topological polar surface area (TPSA) is 46.2 Å². The highest BCUT2D eigenvalue weighted by molar-refractivity contribution is 5.43. The zero-order chi connectivity index (χ0) is 9.76. The largest absolute Gasteiger partial charge is 0.391 e. The lowest BCUT2D eigenvalue weighted by atomic mass is 9.76. The van der Waals surface area contributed by atoms with Crippen LogP contribution in [0, 0.1) is 0 Å². The maximum Gasteiger partial charge on any atom is 0.0741 e. The summed E-state index contributed by atoms with van der Waals surface area (Å²) in [6, 6.07) is 8.13. The highest BCUT2D eigenvalue weighted by Crippen LogP contribution is 2.56. The zero-order valence-corrected chi connectivity index (χ0v) is 8.11. The molecule has 2 aliphatic rings. The average molecular weight is 189 g/mol. The fraction of sp³-hybridized carbons (Fsp3) is 0.500. The molecule has 1 spiro atoms. The van der Waals surface area contributed by atoms with E-state index in [4.69, 9.17) is 5.73 Å². The Balaban J connectivity index is 2.16. The van der Waals surface area contributed by atoms with Crippen molar-refractivity contribution >= 4 is 0 Å². The number of nitrogens with two attached hydrogens (primary N) is 1. The van der Waals surface area contributed by atoms with Crippen molar-refractivity contribution in [3.05, 3.63) is 35.4 Å². The number of rotatable bonds is 0. The normalized spacial score (nSPS) is 32.7. The van der Waals surface area contributed by atoms with E-state index in [0.29, 0.717) is 0 Å². The van der Waals surface area contributed by atoms with Gasteiger partial charge in [0.25, 0.3) is 0 Å². The minimum Gasteiger partial charge on any atom is -0.391 e. The van der Waals surface area contributed by atoms with E-state index in [0.717, 1.165) is 12.0 Å². The lowest BCUT2D eigenvalue weighted by Crippen LogP contribution is -2.36. The Bertz CT molecular complexity index is 370. The summed E-state index contributed by atoms with van der Waals surface area (Å²) in [7, 11) is 0. The average Bonchev–Trinajstić information content (AvgIpc) is 2.96. The number of hydrogen-bond donors (Lipinski definition) is 2. The molecule has 2 atom stereocenters. The quantitative estimate of drug-likeness (QED) is 0.649. The third-order valence-electron chi connectivity index (χ3n) is 3.76. The van der Waals surface area contributed by atoms with Crippen LogP contribution in [0.1, 0.15) is 36.4 Å². The predicted molar refractivity (Wildman–Crippen MR) is 54.9 cm³/mol. The van der Waals surface area contributed by atoms with Gasteiger partial charge in [-0.15, -0.1) is 0 Å². The van der Waals surface area contributed by atoms with Gasteiger partial charge in [-0.05, 0) is 35.8 Å². The molecule has 0 bridgehead atoms. The Kier molecular flexibility index (Phi) is 1.56. The van der Waals surface area contributed by atoms with E-state index in [1.165, 1.54) is 18.4 Å². The van der Waals surface area contributed by atoms with E-state index in [2.05, 4.69) is 18.2 Å². The summed E-state index contributed by atoms with van der Waals surface area (Å²) in [5, 5.41) is 9.88. The Morgan fingerprint density at radius 1 is 1.29 bits per heavy atom. The molecule has 1 aromatic carbocycles. The molecule has 1 aromatic rings.